The molecule has 0 bridgehead atoms. The van der Waals surface area contributed by atoms with Crippen LogP contribution in [0, 0.1) is 5.92 Å². The Bertz CT molecular complexity index is 379. The van der Waals surface area contributed by atoms with Crippen molar-refractivity contribution in [3.05, 3.63) is 24.3 Å². The van der Waals surface area contributed by atoms with E-state index in [4.69, 9.17) is 0 Å². The van der Waals surface area contributed by atoms with Crippen LogP contribution in [0.5, 0.6) is 0 Å². The molecule has 1 aromatic carbocycles. The van der Waals surface area contributed by atoms with Crippen LogP contribution in [0.15, 0.2) is 29.2 Å². The van der Waals surface area contributed by atoms with Gasteiger partial charge >= 0.3 is 0 Å². The van der Waals surface area contributed by atoms with Crippen molar-refractivity contribution in [1.82, 2.24) is 0 Å². The van der Waals surface area contributed by atoms with Gasteiger partial charge in [0.25, 0.3) is 0 Å². The Labute approximate surface area is 115 Å². The molecule has 2 nitrogen and oxygen atoms in total. The van der Waals surface area contributed by atoms with Crippen molar-refractivity contribution in [1.29, 1.82) is 0 Å². The van der Waals surface area contributed by atoms with E-state index >= 15 is 0 Å². The van der Waals surface area contributed by atoms with Gasteiger partial charge in [-0.05, 0) is 37.3 Å². The highest BCUT2D eigenvalue weighted by atomic mass is 32.2. The first-order valence-electron chi connectivity index (χ1n) is 6.66. The Morgan fingerprint density at radius 1 is 1.39 bits per heavy atom. The molecule has 1 aromatic rings. The molecule has 0 aliphatic rings. The fraction of sp³-hybridized carbons (Fsp3) is 0.533. The van der Waals surface area contributed by atoms with Crippen molar-refractivity contribution in [2.75, 3.05) is 11.6 Å². The Balaban J connectivity index is 2.61. The van der Waals surface area contributed by atoms with E-state index < -0.39 is 0 Å². The lowest BCUT2D eigenvalue weighted by atomic mass is 9.98. The van der Waals surface area contributed by atoms with Gasteiger partial charge in [-0.2, -0.15) is 0 Å². The van der Waals surface area contributed by atoms with E-state index in [1.54, 1.807) is 11.8 Å². The maximum Gasteiger partial charge on any atom is 0.227 e. The highest BCUT2D eigenvalue weighted by Crippen LogP contribution is 2.21. The van der Waals surface area contributed by atoms with Gasteiger partial charge in [0.15, 0.2) is 0 Å². The number of hydrogen-bond acceptors (Lipinski definition) is 2. The predicted molar refractivity (Wildman–Crippen MR) is 80.2 cm³/mol. The van der Waals surface area contributed by atoms with Crippen molar-refractivity contribution in [3.8, 4) is 0 Å². The summed E-state index contributed by atoms with van der Waals surface area (Å²) in [4.78, 5) is 13.3. The number of rotatable bonds is 7. The lowest BCUT2D eigenvalue weighted by Crippen LogP contribution is -2.22. The third-order valence-electron chi connectivity index (χ3n) is 3.11. The number of amides is 1. The van der Waals surface area contributed by atoms with E-state index in [0.717, 1.165) is 31.4 Å². The highest BCUT2D eigenvalue weighted by molar-refractivity contribution is 7.98. The van der Waals surface area contributed by atoms with Gasteiger partial charge in [-0.1, -0.05) is 32.8 Å². The summed E-state index contributed by atoms with van der Waals surface area (Å²) in [6.07, 6.45) is 6.20. The summed E-state index contributed by atoms with van der Waals surface area (Å²) in [5, 5.41) is 3.02. The second-order valence-corrected chi connectivity index (χ2v) is 5.35. The first-order valence-corrected chi connectivity index (χ1v) is 7.88. The van der Waals surface area contributed by atoms with Crippen LogP contribution >= 0.6 is 11.8 Å². The van der Waals surface area contributed by atoms with Crippen LogP contribution in [0.4, 0.5) is 5.69 Å². The molecule has 0 saturated carbocycles. The van der Waals surface area contributed by atoms with E-state index in [2.05, 4.69) is 25.2 Å². The Morgan fingerprint density at radius 2 is 2.17 bits per heavy atom. The fourth-order valence-corrected chi connectivity index (χ4v) is 2.38. The van der Waals surface area contributed by atoms with Gasteiger partial charge in [-0.25, -0.2) is 0 Å². The molecule has 1 atom stereocenters. The van der Waals surface area contributed by atoms with Crippen molar-refractivity contribution in [3.63, 3.8) is 0 Å². The van der Waals surface area contributed by atoms with Crippen LogP contribution in [0.3, 0.4) is 0 Å². The van der Waals surface area contributed by atoms with Gasteiger partial charge in [-0.15, -0.1) is 11.8 Å². The average Bonchev–Trinajstić information content (AvgIpc) is 2.40. The standard InChI is InChI=1S/C15H23NOS/c1-4-6-8-12(5-2)15(17)16-13-9-7-10-14(11-13)18-3/h7,9-12H,4-6,8H2,1-3H3,(H,16,17)/t12-/m0/s1. The summed E-state index contributed by atoms with van der Waals surface area (Å²) in [6.45, 7) is 4.24. The maximum atomic E-state index is 12.1. The fourth-order valence-electron chi connectivity index (χ4n) is 1.92. The molecule has 1 rings (SSSR count). The smallest absolute Gasteiger partial charge is 0.227 e. The molecule has 0 aromatic heterocycles. The quantitative estimate of drug-likeness (QED) is 0.732. The molecule has 0 saturated heterocycles. The molecule has 0 spiro atoms. The summed E-state index contributed by atoms with van der Waals surface area (Å²) >= 11 is 1.69. The number of unbranched alkanes of at least 4 members (excludes halogenated alkanes) is 1. The SMILES string of the molecule is CCCC[C@H](CC)C(=O)Nc1cccc(SC)c1. The largest absolute Gasteiger partial charge is 0.326 e. The topological polar surface area (TPSA) is 29.1 Å². The molecule has 3 heteroatoms. The third kappa shape index (κ3) is 4.73. The minimum Gasteiger partial charge on any atom is -0.326 e. The molecular weight excluding hydrogens is 242 g/mol. The minimum absolute atomic E-state index is 0.142. The molecule has 0 heterocycles. The second kappa shape index (κ2) is 8.20. The lowest BCUT2D eigenvalue weighted by Gasteiger charge is -2.14. The second-order valence-electron chi connectivity index (χ2n) is 4.47. The zero-order valence-electron chi connectivity index (χ0n) is 11.5. The number of benzene rings is 1. The van der Waals surface area contributed by atoms with Crippen LogP contribution in [-0.4, -0.2) is 12.2 Å². The summed E-state index contributed by atoms with van der Waals surface area (Å²) < 4.78 is 0. The average molecular weight is 265 g/mol. The molecular formula is C15H23NOS. The van der Waals surface area contributed by atoms with Crippen LogP contribution in [0.1, 0.15) is 39.5 Å². The van der Waals surface area contributed by atoms with E-state index in [-0.39, 0.29) is 11.8 Å². The molecule has 1 amide bonds. The maximum absolute atomic E-state index is 12.1. The van der Waals surface area contributed by atoms with Gasteiger partial charge in [0.05, 0.1) is 0 Å². The molecule has 0 fully saturated rings. The molecule has 0 unspecified atom stereocenters. The summed E-state index contributed by atoms with van der Waals surface area (Å²) in [7, 11) is 0. The van der Waals surface area contributed by atoms with Gasteiger partial charge in [0, 0.05) is 16.5 Å². The summed E-state index contributed by atoms with van der Waals surface area (Å²) in [5.74, 6) is 0.298. The van der Waals surface area contributed by atoms with Gasteiger partial charge in [-0.3, -0.25) is 4.79 Å². The third-order valence-corrected chi connectivity index (χ3v) is 3.83. The van der Waals surface area contributed by atoms with Crippen molar-refractivity contribution < 1.29 is 4.79 Å². The molecule has 18 heavy (non-hydrogen) atoms. The Kier molecular flexibility index (Phi) is 6.88. The zero-order chi connectivity index (χ0) is 13.4. The Morgan fingerprint density at radius 3 is 2.78 bits per heavy atom. The summed E-state index contributed by atoms with van der Waals surface area (Å²) in [5.41, 5.74) is 0.904. The molecule has 0 radical (unpaired) electrons. The van der Waals surface area contributed by atoms with Crippen LogP contribution < -0.4 is 5.32 Å². The zero-order valence-corrected chi connectivity index (χ0v) is 12.3. The van der Waals surface area contributed by atoms with Gasteiger partial charge in [0.2, 0.25) is 5.91 Å². The van der Waals surface area contributed by atoms with E-state index in [0.29, 0.717) is 0 Å². The lowest BCUT2D eigenvalue weighted by molar-refractivity contribution is -0.120. The van der Waals surface area contributed by atoms with E-state index in [1.807, 2.05) is 24.5 Å². The van der Waals surface area contributed by atoms with E-state index in [1.165, 1.54) is 4.90 Å². The van der Waals surface area contributed by atoms with Crippen LogP contribution in [-0.2, 0) is 4.79 Å². The molecule has 0 aliphatic carbocycles. The van der Waals surface area contributed by atoms with E-state index in [9.17, 15) is 4.79 Å². The molecule has 0 aliphatic heterocycles. The van der Waals surface area contributed by atoms with Gasteiger partial charge < -0.3 is 5.32 Å². The summed E-state index contributed by atoms with van der Waals surface area (Å²) in [6, 6.07) is 8.00. The number of carbonyl (C=O) groups is 1. The van der Waals surface area contributed by atoms with Crippen molar-refractivity contribution >= 4 is 23.4 Å². The monoisotopic (exact) mass is 265 g/mol. The van der Waals surface area contributed by atoms with Crippen molar-refractivity contribution in [2.24, 2.45) is 5.92 Å². The first-order chi connectivity index (χ1) is 8.71. The van der Waals surface area contributed by atoms with Crippen LogP contribution in [0.2, 0.25) is 0 Å². The predicted octanol–water partition coefficient (Wildman–Crippen LogP) is 4.56. The number of thioether (sulfide) groups is 1. The minimum atomic E-state index is 0.142. The number of hydrogen-bond donors (Lipinski definition) is 1. The molecule has 100 valence electrons. The number of carbonyl (C=O) groups excluding carboxylic acids is 1. The molecule has 1 N–H and O–H groups in total. The van der Waals surface area contributed by atoms with Crippen molar-refractivity contribution in [2.45, 2.75) is 44.4 Å². The normalized spacial score (nSPS) is 12.2. The highest BCUT2D eigenvalue weighted by Gasteiger charge is 2.15. The first kappa shape index (κ1) is 15.1. The Hall–Kier alpha value is -0.960. The number of nitrogens with one attached hydrogen (secondary N) is 1. The number of anilines is 1. The van der Waals surface area contributed by atoms with Gasteiger partial charge in [0.1, 0.15) is 0 Å². The van der Waals surface area contributed by atoms with Crippen LogP contribution in [0.25, 0.3) is 0 Å².